The minimum Gasteiger partial charge on any atom is -0.309 e. The molecule has 0 radical (unpaired) electrons. The highest BCUT2D eigenvalue weighted by Crippen LogP contribution is 2.36. The maximum absolute atomic E-state index is 6.27. The minimum atomic E-state index is 0.749. The Morgan fingerprint density at radius 3 is 1.94 bits per heavy atom. The maximum Gasteiger partial charge on any atom is 0.0547 e. The van der Waals surface area contributed by atoms with Gasteiger partial charge in [-0.05, 0) is 58.7 Å². The van der Waals surface area contributed by atoms with Crippen LogP contribution in [-0.2, 0) is 0 Å². The highest BCUT2D eigenvalue weighted by molar-refractivity contribution is 6.30. The molecule has 0 unspecified atom stereocenters. The van der Waals surface area contributed by atoms with Crippen LogP contribution in [0.2, 0.25) is 5.02 Å². The summed E-state index contributed by atoms with van der Waals surface area (Å²) in [6, 6.07) is 42.6. The zero-order chi connectivity index (χ0) is 21.5. The summed E-state index contributed by atoms with van der Waals surface area (Å²) in [6.45, 7) is 0. The standard InChI is InChI=1S/C30H20ClN/c31-25-12-6-10-22(18-25)24-16-17-28-27-14-4-5-15-29(27)32(30(28)20-24)26-13-7-11-23(19-26)21-8-2-1-3-9-21/h1-20H. The Labute approximate surface area is 192 Å². The Balaban J connectivity index is 1.62. The summed E-state index contributed by atoms with van der Waals surface area (Å²) in [4.78, 5) is 0. The first-order valence-electron chi connectivity index (χ1n) is 10.7. The van der Waals surface area contributed by atoms with Crippen molar-refractivity contribution in [3.63, 3.8) is 0 Å². The van der Waals surface area contributed by atoms with Gasteiger partial charge in [0, 0.05) is 21.5 Å². The number of fused-ring (bicyclic) bond motifs is 3. The number of hydrogen-bond acceptors (Lipinski definition) is 0. The molecule has 6 aromatic rings. The van der Waals surface area contributed by atoms with Crippen molar-refractivity contribution in [2.24, 2.45) is 0 Å². The zero-order valence-electron chi connectivity index (χ0n) is 17.4. The Morgan fingerprint density at radius 2 is 1.09 bits per heavy atom. The van der Waals surface area contributed by atoms with Crippen LogP contribution in [0.5, 0.6) is 0 Å². The van der Waals surface area contributed by atoms with E-state index in [0.29, 0.717) is 0 Å². The van der Waals surface area contributed by atoms with E-state index < -0.39 is 0 Å². The van der Waals surface area contributed by atoms with E-state index in [4.69, 9.17) is 11.6 Å². The average Bonchev–Trinajstić information content (AvgIpc) is 3.18. The molecule has 0 aliphatic heterocycles. The normalized spacial score (nSPS) is 11.3. The van der Waals surface area contributed by atoms with Gasteiger partial charge in [-0.15, -0.1) is 0 Å². The van der Waals surface area contributed by atoms with Crippen molar-refractivity contribution in [2.75, 3.05) is 0 Å². The van der Waals surface area contributed by atoms with Gasteiger partial charge in [0.15, 0.2) is 0 Å². The lowest BCUT2D eigenvalue weighted by Gasteiger charge is -2.11. The van der Waals surface area contributed by atoms with Crippen molar-refractivity contribution in [1.29, 1.82) is 0 Å². The van der Waals surface area contributed by atoms with Gasteiger partial charge in [0.2, 0.25) is 0 Å². The number of hydrogen-bond donors (Lipinski definition) is 0. The molecule has 0 bridgehead atoms. The summed E-state index contributed by atoms with van der Waals surface area (Å²) >= 11 is 6.27. The van der Waals surface area contributed by atoms with Gasteiger partial charge in [-0.2, -0.15) is 0 Å². The summed E-state index contributed by atoms with van der Waals surface area (Å²) < 4.78 is 2.37. The fourth-order valence-electron chi connectivity index (χ4n) is 4.55. The maximum atomic E-state index is 6.27. The van der Waals surface area contributed by atoms with Crippen LogP contribution in [0.15, 0.2) is 121 Å². The van der Waals surface area contributed by atoms with Crippen molar-refractivity contribution >= 4 is 33.4 Å². The number of benzene rings is 5. The van der Waals surface area contributed by atoms with E-state index >= 15 is 0 Å². The van der Waals surface area contributed by atoms with Crippen LogP contribution >= 0.6 is 11.6 Å². The fraction of sp³-hybridized carbons (Fsp3) is 0. The topological polar surface area (TPSA) is 4.93 Å². The third kappa shape index (κ3) is 3.19. The monoisotopic (exact) mass is 429 g/mol. The van der Waals surface area contributed by atoms with E-state index in [1.165, 1.54) is 32.9 Å². The predicted molar refractivity (Wildman–Crippen MR) is 137 cm³/mol. The minimum absolute atomic E-state index is 0.749. The highest BCUT2D eigenvalue weighted by Gasteiger charge is 2.13. The molecule has 6 rings (SSSR count). The third-order valence-electron chi connectivity index (χ3n) is 6.04. The molecule has 0 fully saturated rings. The van der Waals surface area contributed by atoms with E-state index in [1.54, 1.807) is 0 Å². The lowest BCUT2D eigenvalue weighted by molar-refractivity contribution is 1.18. The van der Waals surface area contributed by atoms with E-state index in [1.807, 2.05) is 18.2 Å². The smallest absolute Gasteiger partial charge is 0.0547 e. The number of halogens is 1. The van der Waals surface area contributed by atoms with Gasteiger partial charge >= 0.3 is 0 Å². The molecule has 1 aromatic heterocycles. The van der Waals surface area contributed by atoms with Gasteiger partial charge in [0.1, 0.15) is 0 Å². The molecule has 1 nitrogen and oxygen atoms in total. The number of para-hydroxylation sites is 1. The van der Waals surface area contributed by atoms with Crippen LogP contribution in [0.1, 0.15) is 0 Å². The summed E-state index contributed by atoms with van der Waals surface area (Å²) in [7, 11) is 0. The molecule has 152 valence electrons. The first kappa shape index (κ1) is 18.9. The van der Waals surface area contributed by atoms with Crippen molar-refractivity contribution in [3.05, 3.63) is 126 Å². The first-order chi connectivity index (χ1) is 15.8. The van der Waals surface area contributed by atoms with Gasteiger partial charge in [-0.1, -0.05) is 96.5 Å². The summed E-state index contributed by atoms with van der Waals surface area (Å²) in [6.07, 6.45) is 0. The van der Waals surface area contributed by atoms with Crippen molar-refractivity contribution in [1.82, 2.24) is 4.57 Å². The van der Waals surface area contributed by atoms with Gasteiger partial charge in [-0.25, -0.2) is 0 Å². The molecular formula is C30H20ClN. The molecule has 0 amide bonds. The highest BCUT2D eigenvalue weighted by atomic mass is 35.5. The number of aromatic nitrogens is 1. The Morgan fingerprint density at radius 1 is 0.438 bits per heavy atom. The Kier molecular flexibility index (Phi) is 4.56. The molecule has 0 N–H and O–H groups in total. The Hall–Kier alpha value is -3.81. The molecule has 32 heavy (non-hydrogen) atoms. The second-order valence-electron chi connectivity index (χ2n) is 8.01. The van der Waals surface area contributed by atoms with Crippen LogP contribution in [-0.4, -0.2) is 4.57 Å². The second kappa shape index (κ2) is 7.71. The van der Waals surface area contributed by atoms with Crippen LogP contribution in [0.3, 0.4) is 0 Å². The largest absolute Gasteiger partial charge is 0.309 e. The van der Waals surface area contributed by atoms with Gasteiger partial charge < -0.3 is 4.57 Å². The molecule has 0 saturated carbocycles. The van der Waals surface area contributed by atoms with Crippen LogP contribution in [0.25, 0.3) is 49.7 Å². The zero-order valence-corrected chi connectivity index (χ0v) is 18.1. The second-order valence-corrected chi connectivity index (χ2v) is 8.45. The van der Waals surface area contributed by atoms with Crippen molar-refractivity contribution in [3.8, 4) is 27.9 Å². The van der Waals surface area contributed by atoms with Crippen LogP contribution in [0, 0.1) is 0 Å². The van der Waals surface area contributed by atoms with E-state index in [9.17, 15) is 0 Å². The fourth-order valence-corrected chi connectivity index (χ4v) is 4.74. The summed E-state index contributed by atoms with van der Waals surface area (Å²) in [5, 5.41) is 3.25. The van der Waals surface area contributed by atoms with Crippen LogP contribution < -0.4 is 0 Å². The predicted octanol–water partition coefficient (Wildman–Crippen LogP) is 8.77. The van der Waals surface area contributed by atoms with Gasteiger partial charge in [0.25, 0.3) is 0 Å². The molecule has 2 heteroatoms. The molecule has 5 aromatic carbocycles. The van der Waals surface area contributed by atoms with E-state index in [0.717, 1.165) is 21.8 Å². The molecule has 0 aliphatic carbocycles. The SMILES string of the molecule is Clc1cccc(-c2ccc3c4ccccc4n(-c4cccc(-c5ccccc5)c4)c3c2)c1. The number of rotatable bonds is 3. The molecule has 1 heterocycles. The molecule has 0 atom stereocenters. The summed E-state index contributed by atoms with van der Waals surface area (Å²) in [5.41, 5.74) is 8.25. The molecule has 0 saturated heterocycles. The summed E-state index contributed by atoms with van der Waals surface area (Å²) in [5.74, 6) is 0. The molecular weight excluding hydrogens is 410 g/mol. The molecule has 0 aliphatic rings. The van der Waals surface area contributed by atoms with Crippen molar-refractivity contribution < 1.29 is 0 Å². The van der Waals surface area contributed by atoms with Gasteiger partial charge in [0.05, 0.1) is 11.0 Å². The van der Waals surface area contributed by atoms with E-state index in [2.05, 4.69) is 108 Å². The van der Waals surface area contributed by atoms with Gasteiger partial charge in [-0.3, -0.25) is 0 Å². The molecule has 0 spiro atoms. The van der Waals surface area contributed by atoms with Crippen molar-refractivity contribution in [2.45, 2.75) is 0 Å². The van der Waals surface area contributed by atoms with Crippen LogP contribution in [0.4, 0.5) is 0 Å². The Bertz CT molecular complexity index is 1580. The van der Waals surface area contributed by atoms with E-state index in [-0.39, 0.29) is 0 Å². The quantitative estimate of drug-likeness (QED) is 0.265. The lowest BCUT2D eigenvalue weighted by Crippen LogP contribution is -1.94. The first-order valence-corrected chi connectivity index (χ1v) is 11.1. The number of nitrogens with zero attached hydrogens (tertiary/aromatic N) is 1. The average molecular weight is 430 g/mol. The third-order valence-corrected chi connectivity index (χ3v) is 6.28. The lowest BCUT2D eigenvalue weighted by atomic mass is 10.0.